The summed E-state index contributed by atoms with van der Waals surface area (Å²) in [5, 5.41) is 5.53. The second-order valence-electron chi connectivity index (χ2n) is 7.23. The maximum absolute atomic E-state index is 12.9. The van der Waals surface area contributed by atoms with Crippen molar-refractivity contribution in [2.24, 2.45) is 0 Å². The summed E-state index contributed by atoms with van der Waals surface area (Å²) in [6, 6.07) is 16.6. The van der Waals surface area contributed by atoms with Gasteiger partial charge in [-0.15, -0.1) is 0 Å². The molecule has 134 valence electrons. The number of para-hydroxylation sites is 1. The molecule has 5 rings (SSSR count). The number of fused-ring (bicyclic) bond motifs is 2. The molecule has 27 heavy (non-hydrogen) atoms. The van der Waals surface area contributed by atoms with Crippen LogP contribution in [0.5, 0.6) is 0 Å². The summed E-state index contributed by atoms with van der Waals surface area (Å²) < 4.78 is 3.03. The summed E-state index contributed by atoms with van der Waals surface area (Å²) >= 11 is 1.62. The van der Waals surface area contributed by atoms with Crippen molar-refractivity contribution in [3.05, 3.63) is 76.6 Å². The van der Waals surface area contributed by atoms with Crippen LogP contribution in [0.4, 0.5) is 0 Å². The van der Waals surface area contributed by atoms with Gasteiger partial charge in [-0.3, -0.25) is 4.79 Å². The molecule has 0 fully saturated rings. The first kappa shape index (κ1) is 16.4. The molecule has 0 saturated carbocycles. The van der Waals surface area contributed by atoms with E-state index in [0.717, 1.165) is 38.7 Å². The minimum Gasteiger partial charge on any atom is -0.294 e. The largest absolute Gasteiger partial charge is 0.294 e. The second-order valence-corrected chi connectivity index (χ2v) is 8.23. The zero-order chi connectivity index (χ0) is 18.5. The van der Waals surface area contributed by atoms with E-state index >= 15 is 0 Å². The molecule has 1 atom stereocenters. The summed E-state index contributed by atoms with van der Waals surface area (Å²) in [6.07, 6.45) is 1.35. The maximum Gasteiger partial charge on any atom is 0.211 e. The number of carbonyl (C=O) groups is 1. The van der Waals surface area contributed by atoms with Crippen LogP contribution in [0.2, 0.25) is 0 Å². The SMILES string of the molecule is Cc1cccc(C2CC(=O)c3c(C)nn(-c4nc5ccccc5s4)c3C2)c1. The smallest absolute Gasteiger partial charge is 0.211 e. The monoisotopic (exact) mass is 373 g/mol. The average molecular weight is 373 g/mol. The van der Waals surface area contributed by atoms with Crippen molar-refractivity contribution >= 4 is 27.3 Å². The van der Waals surface area contributed by atoms with Gasteiger partial charge in [-0.25, -0.2) is 9.67 Å². The highest BCUT2D eigenvalue weighted by molar-refractivity contribution is 7.20. The van der Waals surface area contributed by atoms with Crippen LogP contribution in [-0.2, 0) is 6.42 Å². The lowest BCUT2D eigenvalue weighted by molar-refractivity contribution is 0.0963. The highest BCUT2D eigenvalue weighted by Gasteiger charge is 2.32. The molecule has 0 spiro atoms. The van der Waals surface area contributed by atoms with Gasteiger partial charge in [0.25, 0.3) is 0 Å². The van der Waals surface area contributed by atoms with E-state index in [0.29, 0.717) is 6.42 Å². The first-order valence-electron chi connectivity index (χ1n) is 9.14. The Balaban J connectivity index is 1.62. The molecule has 0 N–H and O–H groups in total. The molecule has 0 amide bonds. The Morgan fingerprint density at radius 2 is 1.93 bits per heavy atom. The quantitative estimate of drug-likeness (QED) is 0.496. The van der Waals surface area contributed by atoms with Crippen molar-refractivity contribution in [3.8, 4) is 5.13 Å². The second kappa shape index (κ2) is 6.13. The molecule has 0 radical (unpaired) electrons. The van der Waals surface area contributed by atoms with E-state index in [2.05, 4.69) is 37.3 Å². The van der Waals surface area contributed by atoms with Crippen LogP contribution in [0.1, 0.15) is 45.2 Å². The summed E-state index contributed by atoms with van der Waals surface area (Å²) in [5.74, 6) is 0.377. The third-order valence-corrected chi connectivity index (χ3v) is 6.30. The van der Waals surface area contributed by atoms with Gasteiger partial charge in [0.15, 0.2) is 5.78 Å². The lowest BCUT2D eigenvalue weighted by Crippen LogP contribution is -2.20. The highest BCUT2D eigenvalue weighted by atomic mass is 32.1. The molecule has 4 nitrogen and oxygen atoms in total. The predicted molar refractivity (Wildman–Crippen MR) is 108 cm³/mol. The average Bonchev–Trinajstić information content (AvgIpc) is 3.23. The molecule has 2 aromatic heterocycles. The van der Waals surface area contributed by atoms with Gasteiger partial charge in [0.05, 0.1) is 27.2 Å². The minimum absolute atomic E-state index is 0.188. The van der Waals surface area contributed by atoms with E-state index in [4.69, 9.17) is 10.1 Å². The van der Waals surface area contributed by atoms with Gasteiger partial charge in [0.2, 0.25) is 5.13 Å². The summed E-state index contributed by atoms with van der Waals surface area (Å²) in [6.45, 7) is 4.02. The van der Waals surface area contributed by atoms with E-state index < -0.39 is 0 Å². The van der Waals surface area contributed by atoms with Crippen molar-refractivity contribution in [1.29, 1.82) is 0 Å². The third-order valence-electron chi connectivity index (χ3n) is 5.28. The highest BCUT2D eigenvalue weighted by Crippen LogP contribution is 2.36. The van der Waals surface area contributed by atoms with Gasteiger partial charge in [0.1, 0.15) is 0 Å². The number of aryl methyl sites for hydroxylation is 2. The number of aromatic nitrogens is 3. The molecule has 2 aromatic carbocycles. The third kappa shape index (κ3) is 2.70. The fraction of sp³-hybridized carbons (Fsp3) is 0.227. The van der Waals surface area contributed by atoms with Crippen molar-refractivity contribution in [2.45, 2.75) is 32.6 Å². The van der Waals surface area contributed by atoms with E-state index in [1.54, 1.807) is 11.3 Å². The van der Waals surface area contributed by atoms with Crippen molar-refractivity contribution in [1.82, 2.24) is 14.8 Å². The zero-order valence-corrected chi connectivity index (χ0v) is 16.1. The number of ketones is 1. The first-order valence-corrected chi connectivity index (χ1v) is 9.96. The molecule has 5 heteroatoms. The van der Waals surface area contributed by atoms with Crippen molar-refractivity contribution in [3.63, 3.8) is 0 Å². The number of hydrogen-bond acceptors (Lipinski definition) is 4. The standard InChI is InChI=1S/C22H19N3OS/c1-13-6-5-7-15(10-13)16-11-18-21(19(26)12-16)14(2)24-25(18)22-23-17-8-3-4-9-20(17)27-22/h3-10,16H,11-12H2,1-2H3. The number of benzene rings is 2. The van der Waals surface area contributed by atoms with Crippen molar-refractivity contribution < 1.29 is 4.79 Å². The molecular weight excluding hydrogens is 354 g/mol. The molecule has 2 heterocycles. The topological polar surface area (TPSA) is 47.8 Å². The van der Waals surface area contributed by atoms with Crippen LogP contribution >= 0.6 is 11.3 Å². The Morgan fingerprint density at radius 1 is 1.07 bits per heavy atom. The molecule has 1 aliphatic rings. The Kier molecular flexibility index (Phi) is 3.72. The Labute approximate surface area is 161 Å². The summed E-state index contributed by atoms with van der Waals surface area (Å²) in [7, 11) is 0. The van der Waals surface area contributed by atoms with Gasteiger partial charge in [0, 0.05) is 6.42 Å². The Hall–Kier alpha value is -2.79. The molecule has 0 bridgehead atoms. The van der Waals surface area contributed by atoms with Gasteiger partial charge >= 0.3 is 0 Å². The van der Waals surface area contributed by atoms with Crippen LogP contribution in [0.15, 0.2) is 48.5 Å². The normalized spacial score (nSPS) is 16.7. The lowest BCUT2D eigenvalue weighted by atomic mass is 9.81. The van der Waals surface area contributed by atoms with Gasteiger partial charge < -0.3 is 0 Å². The molecule has 4 aromatic rings. The van der Waals surface area contributed by atoms with Gasteiger partial charge in [-0.1, -0.05) is 53.3 Å². The first-order chi connectivity index (χ1) is 13.1. The molecule has 0 saturated heterocycles. The number of nitrogens with zero attached hydrogens (tertiary/aromatic N) is 3. The van der Waals surface area contributed by atoms with Crippen LogP contribution < -0.4 is 0 Å². The van der Waals surface area contributed by atoms with Crippen LogP contribution in [0.25, 0.3) is 15.3 Å². The fourth-order valence-electron chi connectivity index (χ4n) is 4.03. The number of Topliss-reactive ketones (excluding diaryl/α,β-unsaturated/α-hetero) is 1. The number of hydrogen-bond donors (Lipinski definition) is 0. The van der Waals surface area contributed by atoms with E-state index in [-0.39, 0.29) is 11.7 Å². The number of carbonyl (C=O) groups excluding carboxylic acids is 1. The lowest BCUT2D eigenvalue weighted by Gasteiger charge is -2.23. The van der Waals surface area contributed by atoms with E-state index in [9.17, 15) is 4.79 Å². The predicted octanol–water partition coefficient (Wildman–Crippen LogP) is 5.01. The maximum atomic E-state index is 12.9. The minimum atomic E-state index is 0.188. The molecule has 0 aliphatic heterocycles. The number of rotatable bonds is 2. The Morgan fingerprint density at radius 3 is 2.74 bits per heavy atom. The molecule has 1 unspecified atom stereocenters. The fourth-order valence-corrected chi connectivity index (χ4v) is 4.97. The van der Waals surface area contributed by atoms with Crippen LogP contribution in [-0.4, -0.2) is 20.5 Å². The summed E-state index contributed by atoms with van der Waals surface area (Å²) in [5.41, 5.74) is 6.01. The van der Waals surface area contributed by atoms with E-state index in [1.807, 2.05) is 29.8 Å². The molecule has 1 aliphatic carbocycles. The molecular formula is C22H19N3OS. The Bertz CT molecular complexity index is 1150. The van der Waals surface area contributed by atoms with Gasteiger partial charge in [-0.2, -0.15) is 5.10 Å². The van der Waals surface area contributed by atoms with Crippen LogP contribution in [0, 0.1) is 13.8 Å². The van der Waals surface area contributed by atoms with E-state index in [1.165, 1.54) is 11.1 Å². The summed E-state index contributed by atoms with van der Waals surface area (Å²) in [4.78, 5) is 17.7. The van der Waals surface area contributed by atoms with Crippen molar-refractivity contribution in [2.75, 3.05) is 0 Å². The number of thiazole rings is 1. The van der Waals surface area contributed by atoms with Gasteiger partial charge in [-0.05, 0) is 43.9 Å². The zero-order valence-electron chi connectivity index (χ0n) is 15.3. The van der Waals surface area contributed by atoms with Crippen LogP contribution in [0.3, 0.4) is 0 Å².